The van der Waals surface area contributed by atoms with E-state index in [1.807, 2.05) is 19.1 Å². The number of aromatic nitrogens is 1. The van der Waals surface area contributed by atoms with Crippen LogP contribution >= 0.6 is 0 Å². The highest BCUT2D eigenvalue weighted by molar-refractivity contribution is 5.48. The van der Waals surface area contributed by atoms with Gasteiger partial charge in [0.25, 0.3) is 0 Å². The molecule has 0 aromatic carbocycles. The Hall–Kier alpha value is -1.29. The Balaban J connectivity index is 1.68. The molecule has 0 unspecified atom stereocenters. The van der Waals surface area contributed by atoms with E-state index in [-0.39, 0.29) is 0 Å². The van der Waals surface area contributed by atoms with Crippen molar-refractivity contribution in [2.75, 3.05) is 24.2 Å². The van der Waals surface area contributed by atoms with E-state index in [2.05, 4.69) is 10.3 Å². The fourth-order valence-electron chi connectivity index (χ4n) is 2.13. The minimum atomic E-state index is 0.484. The van der Waals surface area contributed by atoms with Crippen molar-refractivity contribution in [3.05, 3.63) is 17.8 Å². The van der Waals surface area contributed by atoms with Crippen LogP contribution in [0.15, 0.2) is 12.1 Å². The van der Waals surface area contributed by atoms with Crippen molar-refractivity contribution in [2.45, 2.75) is 38.7 Å². The van der Waals surface area contributed by atoms with E-state index in [0.29, 0.717) is 6.10 Å². The molecule has 0 radical (unpaired) electrons. The van der Waals surface area contributed by atoms with Crippen LogP contribution in [-0.4, -0.2) is 24.2 Å². The third-order valence-corrected chi connectivity index (χ3v) is 3.19. The van der Waals surface area contributed by atoms with E-state index < -0.39 is 0 Å². The summed E-state index contributed by atoms with van der Waals surface area (Å²) >= 11 is 0. The lowest BCUT2D eigenvalue weighted by atomic mass is 10.3. The Labute approximate surface area is 103 Å². The summed E-state index contributed by atoms with van der Waals surface area (Å²) in [6.45, 7) is 3.46. The third-order valence-electron chi connectivity index (χ3n) is 3.19. The monoisotopic (exact) mass is 235 g/mol. The lowest BCUT2D eigenvalue weighted by Crippen LogP contribution is -2.16. The number of hydrogen-bond donors (Lipinski definition) is 2. The van der Waals surface area contributed by atoms with Gasteiger partial charge in [0.15, 0.2) is 0 Å². The van der Waals surface area contributed by atoms with Gasteiger partial charge in [0.1, 0.15) is 5.82 Å². The molecular weight excluding hydrogens is 214 g/mol. The Kier molecular flexibility index (Phi) is 4.20. The van der Waals surface area contributed by atoms with Gasteiger partial charge in [0.05, 0.1) is 24.1 Å². The zero-order valence-electron chi connectivity index (χ0n) is 10.4. The molecule has 2 rings (SSSR count). The molecule has 1 heterocycles. The van der Waals surface area contributed by atoms with Crippen molar-refractivity contribution in [3.8, 4) is 0 Å². The minimum Gasteiger partial charge on any atom is -0.397 e. The van der Waals surface area contributed by atoms with Crippen LogP contribution in [0.2, 0.25) is 0 Å². The molecule has 17 heavy (non-hydrogen) atoms. The number of nitrogens with two attached hydrogens (primary N) is 1. The normalized spacial score (nSPS) is 16.3. The van der Waals surface area contributed by atoms with E-state index in [4.69, 9.17) is 10.5 Å². The Morgan fingerprint density at radius 2 is 2.18 bits per heavy atom. The van der Waals surface area contributed by atoms with Gasteiger partial charge < -0.3 is 15.8 Å². The summed E-state index contributed by atoms with van der Waals surface area (Å²) in [5.41, 5.74) is 7.31. The molecule has 0 atom stereocenters. The standard InChI is InChI=1S/C13H21N3O/c1-10-12(14)6-7-13(16-10)15-8-9-17-11-4-2-3-5-11/h6-7,11H,2-5,8-9,14H2,1H3,(H,15,16). The average molecular weight is 235 g/mol. The molecule has 4 nitrogen and oxygen atoms in total. The average Bonchev–Trinajstić information content (AvgIpc) is 2.82. The molecule has 0 aliphatic heterocycles. The maximum absolute atomic E-state index is 5.76. The van der Waals surface area contributed by atoms with Crippen LogP contribution in [0.5, 0.6) is 0 Å². The molecule has 0 spiro atoms. The van der Waals surface area contributed by atoms with Crippen LogP contribution < -0.4 is 11.1 Å². The molecule has 1 fully saturated rings. The van der Waals surface area contributed by atoms with Crippen LogP contribution in [-0.2, 0) is 4.74 Å². The van der Waals surface area contributed by atoms with Gasteiger partial charge in [0.2, 0.25) is 0 Å². The second kappa shape index (κ2) is 5.87. The Morgan fingerprint density at radius 1 is 1.41 bits per heavy atom. The third kappa shape index (κ3) is 3.60. The van der Waals surface area contributed by atoms with Gasteiger partial charge in [-0.25, -0.2) is 4.98 Å². The molecule has 1 aromatic heterocycles. The van der Waals surface area contributed by atoms with Crippen LogP contribution in [0.4, 0.5) is 11.5 Å². The van der Waals surface area contributed by atoms with Crippen LogP contribution in [0.1, 0.15) is 31.4 Å². The summed E-state index contributed by atoms with van der Waals surface area (Å²) in [7, 11) is 0. The summed E-state index contributed by atoms with van der Waals surface area (Å²) in [6, 6.07) is 3.78. The molecule has 0 bridgehead atoms. The molecule has 1 aromatic rings. The highest BCUT2D eigenvalue weighted by atomic mass is 16.5. The van der Waals surface area contributed by atoms with Gasteiger partial charge >= 0.3 is 0 Å². The van der Waals surface area contributed by atoms with E-state index in [9.17, 15) is 0 Å². The first-order chi connectivity index (χ1) is 8.25. The van der Waals surface area contributed by atoms with Crippen LogP contribution in [0.3, 0.4) is 0 Å². The van der Waals surface area contributed by atoms with E-state index in [0.717, 1.165) is 30.4 Å². The molecule has 1 aliphatic rings. The largest absolute Gasteiger partial charge is 0.397 e. The number of ether oxygens (including phenoxy) is 1. The van der Waals surface area contributed by atoms with Crippen molar-refractivity contribution in [1.29, 1.82) is 0 Å². The topological polar surface area (TPSA) is 60.2 Å². The van der Waals surface area contributed by atoms with Crippen molar-refractivity contribution in [1.82, 2.24) is 4.98 Å². The first-order valence-electron chi connectivity index (χ1n) is 6.34. The van der Waals surface area contributed by atoms with Crippen molar-refractivity contribution in [2.24, 2.45) is 0 Å². The van der Waals surface area contributed by atoms with Crippen molar-refractivity contribution in [3.63, 3.8) is 0 Å². The smallest absolute Gasteiger partial charge is 0.126 e. The van der Waals surface area contributed by atoms with Crippen molar-refractivity contribution >= 4 is 11.5 Å². The van der Waals surface area contributed by atoms with Gasteiger partial charge in [-0.2, -0.15) is 0 Å². The molecular formula is C13H21N3O. The number of aryl methyl sites for hydroxylation is 1. The zero-order chi connectivity index (χ0) is 12.1. The lowest BCUT2D eigenvalue weighted by molar-refractivity contribution is 0.0658. The van der Waals surface area contributed by atoms with Crippen LogP contribution in [0.25, 0.3) is 0 Å². The number of pyridine rings is 1. The summed E-state index contributed by atoms with van der Waals surface area (Å²) in [5, 5.41) is 3.24. The van der Waals surface area contributed by atoms with Crippen LogP contribution in [0, 0.1) is 6.92 Å². The fraction of sp³-hybridized carbons (Fsp3) is 0.615. The van der Waals surface area contributed by atoms with E-state index >= 15 is 0 Å². The number of anilines is 2. The summed E-state index contributed by atoms with van der Waals surface area (Å²) in [4.78, 5) is 4.35. The Bertz CT molecular complexity index is 362. The van der Waals surface area contributed by atoms with Gasteiger partial charge in [0, 0.05) is 6.54 Å². The number of nitrogen functional groups attached to an aromatic ring is 1. The first-order valence-corrected chi connectivity index (χ1v) is 6.34. The molecule has 4 heteroatoms. The maximum Gasteiger partial charge on any atom is 0.126 e. The molecule has 1 saturated carbocycles. The van der Waals surface area contributed by atoms with Gasteiger partial charge in [-0.3, -0.25) is 0 Å². The SMILES string of the molecule is Cc1nc(NCCOC2CCCC2)ccc1N. The number of hydrogen-bond acceptors (Lipinski definition) is 4. The Morgan fingerprint density at radius 3 is 2.88 bits per heavy atom. The minimum absolute atomic E-state index is 0.484. The van der Waals surface area contributed by atoms with Gasteiger partial charge in [-0.05, 0) is 31.9 Å². The second-order valence-corrected chi connectivity index (χ2v) is 4.58. The first kappa shape index (κ1) is 12.2. The number of nitrogens with zero attached hydrogens (tertiary/aromatic N) is 1. The van der Waals surface area contributed by atoms with E-state index in [1.165, 1.54) is 25.7 Å². The predicted molar refractivity (Wildman–Crippen MR) is 70.1 cm³/mol. The summed E-state index contributed by atoms with van der Waals surface area (Å²) < 4.78 is 5.76. The maximum atomic E-state index is 5.76. The zero-order valence-corrected chi connectivity index (χ0v) is 10.4. The fourth-order valence-corrected chi connectivity index (χ4v) is 2.13. The van der Waals surface area contributed by atoms with Crippen molar-refractivity contribution < 1.29 is 4.74 Å². The highest BCUT2D eigenvalue weighted by Gasteiger charge is 2.14. The summed E-state index contributed by atoms with van der Waals surface area (Å²) in [6.07, 6.45) is 5.56. The molecule has 1 aliphatic carbocycles. The summed E-state index contributed by atoms with van der Waals surface area (Å²) in [5.74, 6) is 0.867. The quantitative estimate of drug-likeness (QED) is 0.769. The molecule has 0 amide bonds. The van der Waals surface area contributed by atoms with Gasteiger partial charge in [-0.1, -0.05) is 12.8 Å². The second-order valence-electron chi connectivity index (χ2n) is 4.58. The number of nitrogens with one attached hydrogen (secondary N) is 1. The molecule has 3 N–H and O–H groups in total. The molecule has 0 saturated heterocycles. The van der Waals surface area contributed by atoms with E-state index in [1.54, 1.807) is 0 Å². The predicted octanol–water partition coefficient (Wildman–Crippen LogP) is 2.34. The highest BCUT2D eigenvalue weighted by Crippen LogP contribution is 2.20. The molecule has 94 valence electrons. The number of rotatable bonds is 5. The lowest BCUT2D eigenvalue weighted by Gasteiger charge is -2.12. The van der Waals surface area contributed by atoms with Gasteiger partial charge in [-0.15, -0.1) is 0 Å².